The summed E-state index contributed by atoms with van der Waals surface area (Å²) in [6.07, 6.45) is -0.596. The number of halogens is 3. The molecule has 1 fully saturated rings. The van der Waals surface area contributed by atoms with E-state index < -0.39 is 17.6 Å². The quantitative estimate of drug-likeness (QED) is 0.797. The first-order valence-corrected chi connectivity index (χ1v) is 8.88. The lowest BCUT2D eigenvalue weighted by Crippen LogP contribution is -2.45. The zero-order valence-electron chi connectivity index (χ0n) is 15.6. The van der Waals surface area contributed by atoms with Gasteiger partial charge in [-0.3, -0.25) is 4.79 Å². The molecule has 0 radical (unpaired) electrons. The Kier molecular flexibility index (Phi) is 5.71. The maximum absolute atomic E-state index is 13.2. The topological polar surface area (TPSA) is 58.6 Å². The van der Waals surface area contributed by atoms with Crippen molar-refractivity contribution in [1.29, 1.82) is 0 Å². The van der Waals surface area contributed by atoms with E-state index in [2.05, 4.69) is 9.97 Å². The number of ether oxygens (including phenoxy) is 1. The van der Waals surface area contributed by atoms with Crippen LogP contribution in [0.25, 0.3) is 0 Å². The molecule has 0 bridgehead atoms. The predicted octanol–water partition coefficient (Wildman–Crippen LogP) is 3.25. The molecule has 1 unspecified atom stereocenters. The van der Waals surface area contributed by atoms with Gasteiger partial charge in [0.1, 0.15) is 6.10 Å². The van der Waals surface area contributed by atoms with Crippen molar-refractivity contribution in [3.05, 3.63) is 47.8 Å². The fourth-order valence-corrected chi connectivity index (χ4v) is 3.17. The monoisotopic (exact) mass is 394 g/mol. The molecule has 1 aliphatic rings. The highest BCUT2D eigenvalue weighted by atomic mass is 19.4. The fourth-order valence-electron chi connectivity index (χ4n) is 3.17. The number of alkyl halides is 3. The van der Waals surface area contributed by atoms with E-state index in [1.807, 2.05) is 14.1 Å². The Morgan fingerprint density at radius 2 is 1.93 bits per heavy atom. The number of carbonyl (C=O) groups is 1. The Morgan fingerprint density at radius 1 is 1.21 bits per heavy atom. The smallest absolute Gasteiger partial charge is 0.417 e. The number of nitrogens with zero attached hydrogens (tertiary/aromatic N) is 4. The van der Waals surface area contributed by atoms with Gasteiger partial charge in [-0.2, -0.15) is 13.2 Å². The molecule has 2 aromatic rings. The van der Waals surface area contributed by atoms with E-state index in [4.69, 9.17) is 4.74 Å². The minimum Gasteiger partial charge on any atom is -0.470 e. The van der Waals surface area contributed by atoms with Gasteiger partial charge in [0.2, 0.25) is 0 Å². The molecular formula is C19H21F3N4O2. The molecule has 1 atom stereocenters. The van der Waals surface area contributed by atoms with E-state index in [-0.39, 0.29) is 18.2 Å². The van der Waals surface area contributed by atoms with Gasteiger partial charge in [-0.05, 0) is 25.0 Å². The van der Waals surface area contributed by atoms with Crippen molar-refractivity contribution in [2.75, 3.05) is 32.1 Å². The zero-order valence-corrected chi connectivity index (χ0v) is 15.6. The van der Waals surface area contributed by atoms with Crippen LogP contribution in [0.4, 0.5) is 19.0 Å². The van der Waals surface area contributed by atoms with Crippen LogP contribution in [0.1, 0.15) is 28.8 Å². The first kappa shape index (κ1) is 19.9. The molecule has 6 nitrogen and oxygen atoms in total. The van der Waals surface area contributed by atoms with Crippen LogP contribution in [0.2, 0.25) is 0 Å². The highest BCUT2D eigenvalue weighted by Crippen LogP contribution is 2.33. The van der Waals surface area contributed by atoms with Crippen LogP contribution >= 0.6 is 0 Å². The van der Waals surface area contributed by atoms with Crippen LogP contribution in [0.3, 0.4) is 0 Å². The molecule has 0 aliphatic carbocycles. The number of benzene rings is 1. The number of hydrogen-bond acceptors (Lipinski definition) is 5. The Morgan fingerprint density at radius 3 is 2.64 bits per heavy atom. The van der Waals surface area contributed by atoms with Crippen LogP contribution in [0.15, 0.2) is 36.7 Å². The molecule has 1 saturated heterocycles. The van der Waals surface area contributed by atoms with E-state index in [0.717, 1.165) is 6.07 Å². The number of amides is 1. The molecule has 28 heavy (non-hydrogen) atoms. The minimum atomic E-state index is -4.59. The second-order valence-electron chi connectivity index (χ2n) is 6.76. The van der Waals surface area contributed by atoms with Crippen molar-refractivity contribution in [2.24, 2.45) is 0 Å². The lowest BCUT2D eigenvalue weighted by atomic mass is 10.0. The summed E-state index contributed by atoms with van der Waals surface area (Å²) in [7, 11) is 3.61. The van der Waals surface area contributed by atoms with Crippen LogP contribution in [-0.4, -0.2) is 54.1 Å². The first-order chi connectivity index (χ1) is 13.3. The number of likely N-dealkylation sites (tertiary alicyclic amines) is 1. The van der Waals surface area contributed by atoms with Crippen molar-refractivity contribution in [2.45, 2.75) is 25.1 Å². The van der Waals surface area contributed by atoms with Gasteiger partial charge in [0.25, 0.3) is 11.8 Å². The molecule has 3 rings (SSSR count). The summed E-state index contributed by atoms with van der Waals surface area (Å²) in [6.45, 7) is 0.570. The van der Waals surface area contributed by atoms with Crippen molar-refractivity contribution in [3.8, 4) is 5.88 Å². The third-order valence-electron chi connectivity index (χ3n) is 4.48. The Hall–Kier alpha value is -2.84. The highest BCUT2D eigenvalue weighted by molar-refractivity contribution is 5.96. The van der Waals surface area contributed by atoms with Gasteiger partial charge < -0.3 is 14.5 Å². The van der Waals surface area contributed by atoms with E-state index in [1.165, 1.54) is 29.3 Å². The molecular weight excluding hydrogens is 373 g/mol. The molecule has 2 heterocycles. The van der Waals surface area contributed by atoms with Crippen LogP contribution in [0.5, 0.6) is 5.88 Å². The van der Waals surface area contributed by atoms with Crippen LogP contribution in [-0.2, 0) is 6.18 Å². The van der Waals surface area contributed by atoms with Crippen molar-refractivity contribution in [3.63, 3.8) is 0 Å². The van der Waals surface area contributed by atoms with Crippen molar-refractivity contribution in [1.82, 2.24) is 14.9 Å². The van der Waals surface area contributed by atoms with Gasteiger partial charge >= 0.3 is 6.18 Å². The van der Waals surface area contributed by atoms with Gasteiger partial charge in [0.05, 0.1) is 17.7 Å². The lowest BCUT2D eigenvalue weighted by molar-refractivity contribution is -0.138. The van der Waals surface area contributed by atoms with E-state index in [1.54, 1.807) is 11.1 Å². The van der Waals surface area contributed by atoms with E-state index in [0.29, 0.717) is 31.1 Å². The fraction of sp³-hybridized carbons (Fsp3) is 0.421. The summed E-state index contributed by atoms with van der Waals surface area (Å²) >= 11 is 0. The number of aromatic nitrogens is 2. The summed E-state index contributed by atoms with van der Waals surface area (Å²) in [4.78, 5) is 24.3. The zero-order chi connectivity index (χ0) is 20.3. The standard InChI is InChI=1S/C19H21F3N4O2/c1-25(2)16-17(24-10-9-23-16)28-13-6-5-11-26(12-13)18(27)14-7-3-4-8-15(14)19(20,21)22/h3-4,7-10,13H,5-6,11-12H2,1-2H3. The van der Waals surface area contributed by atoms with Gasteiger partial charge in [0, 0.05) is 33.0 Å². The van der Waals surface area contributed by atoms with E-state index >= 15 is 0 Å². The Labute approximate surface area is 160 Å². The summed E-state index contributed by atoms with van der Waals surface area (Å²) in [6, 6.07) is 4.85. The second kappa shape index (κ2) is 8.04. The average molecular weight is 394 g/mol. The number of piperidine rings is 1. The molecule has 150 valence electrons. The van der Waals surface area contributed by atoms with Gasteiger partial charge in [-0.25, -0.2) is 9.97 Å². The van der Waals surface area contributed by atoms with Gasteiger partial charge in [-0.1, -0.05) is 12.1 Å². The third kappa shape index (κ3) is 4.35. The molecule has 1 aliphatic heterocycles. The van der Waals surface area contributed by atoms with Crippen LogP contribution in [0, 0.1) is 0 Å². The SMILES string of the molecule is CN(C)c1nccnc1OC1CCCN(C(=O)c2ccccc2C(F)(F)F)C1. The first-order valence-electron chi connectivity index (χ1n) is 8.88. The number of anilines is 1. The molecule has 1 aromatic carbocycles. The summed E-state index contributed by atoms with van der Waals surface area (Å²) in [5, 5.41) is 0. The van der Waals surface area contributed by atoms with Crippen molar-refractivity contribution >= 4 is 11.7 Å². The minimum absolute atomic E-state index is 0.189. The number of rotatable bonds is 4. The largest absolute Gasteiger partial charge is 0.470 e. The Bertz CT molecular complexity index is 842. The third-order valence-corrected chi connectivity index (χ3v) is 4.48. The summed E-state index contributed by atoms with van der Waals surface area (Å²) in [5.74, 6) is 0.240. The molecule has 1 amide bonds. The summed E-state index contributed by atoms with van der Waals surface area (Å²) < 4.78 is 45.7. The normalized spacial score (nSPS) is 17.3. The van der Waals surface area contributed by atoms with Crippen molar-refractivity contribution < 1.29 is 22.7 Å². The Balaban J connectivity index is 1.77. The van der Waals surface area contributed by atoms with Crippen LogP contribution < -0.4 is 9.64 Å². The lowest BCUT2D eigenvalue weighted by Gasteiger charge is -2.33. The number of carbonyl (C=O) groups excluding carboxylic acids is 1. The highest BCUT2D eigenvalue weighted by Gasteiger charge is 2.37. The predicted molar refractivity (Wildman–Crippen MR) is 97.4 cm³/mol. The molecule has 0 spiro atoms. The van der Waals surface area contributed by atoms with Gasteiger partial charge in [-0.15, -0.1) is 0 Å². The molecule has 0 saturated carbocycles. The van der Waals surface area contributed by atoms with Gasteiger partial charge in [0.15, 0.2) is 5.82 Å². The maximum Gasteiger partial charge on any atom is 0.417 e. The molecule has 0 N–H and O–H groups in total. The molecule has 1 aromatic heterocycles. The molecule has 9 heteroatoms. The summed E-state index contributed by atoms with van der Waals surface area (Å²) in [5.41, 5.74) is -1.27. The van der Waals surface area contributed by atoms with E-state index in [9.17, 15) is 18.0 Å². The average Bonchev–Trinajstić information content (AvgIpc) is 2.67. The second-order valence-corrected chi connectivity index (χ2v) is 6.76. The number of hydrogen-bond donors (Lipinski definition) is 0. The maximum atomic E-state index is 13.2.